The topological polar surface area (TPSA) is 29.1 Å². The predicted octanol–water partition coefficient (Wildman–Crippen LogP) is 8.64. The van der Waals surface area contributed by atoms with Crippen molar-refractivity contribution in [2.24, 2.45) is 0 Å². The van der Waals surface area contributed by atoms with Gasteiger partial charge in [0.25, 0.3) is 0 Å². The third kappa shape index (κ3) is 17.1. The fourth-order valence-electron chi connectivity index (χ4n) is 4.08. The van der Waals surface area contributed by atoms with E-state index in [1.165, 1.54) is 115 Å². The third-order valence-electron chi connectivity index (χ3n) is 6.13. The van der Waals surface area contributed by atoms with Crippen molar-refractivity contribution >= 4 is 5.78 Å². The van der Waals surface area contributed by atoms with Crippen LogP contribution in [0.2, 0.25) is 0 Å². The van der Waals surface area contributed by atoms with Gasteiger partial charge < -0.3 is 5.32 Å². The number of benzene rings is 1. The van der Waals surface area contributed by atoms with Crippen molar-refractivity contribution in [3.05, 3.63) is 35.6 Å². The molecule has 31 heavy (non-hydrogen) atoms. The molecule has 0 aliphatic heterocycles. The first-order valence-corrected chi connectivity index (χ1v) is 13.2. The van der Waals surface area contributed by atoms with Crippen LogP contribution in [-0.2, 0) is 0 Å². The molecule has 1 N–H and O–H groups in total. The standard InChI is InChI=1S/C28H48FNO/c1-2-3-4-5-6-7-8-9-10-11-12-13-14-15-16-17-24-30-25-18-19-28(31)26-20-22-27(29)23-21-26/h20-23,30H,2-19,24-25H2,1H3. The summed E-state index contributed by atoms with van der Waals surface area (Å²) in [4.78, 5) is 12.0. The van der Waals surface area contributed by atoms with Crippen LogP contribution < -0.4 is 5.32 Å². The number of hydrogen-bond donors (Lipinski definition) is 1. The molecule has 1 aromatic carbocycles. The van der Waals surface area contributed by atoms with E-state index in [1.807, 2.05) is 0 Å². The predicted molar refractivity (Wildman–Crippen MR) is 132 cm³/mol. The van der Waals surface area contributed by atoms with Crippen LogP contribution in [0.5, 0.6) is 0 Å². The van der Waals surface area contributed by atoms with E-state index in [0.717, 1.165) is 19.5 Å². The molecule has 0 saturated heterocycles. The summed E-state index contributed by atoms with van der Waals surface area (Å²) < 4.78 is 12.9. The maximum atomic E-state index is 12.9. The summed E-state index contributed by atoms with van der Waals surface area (Å²) in [6.07, 6.45) is 23.7. The number of carbonyl (C=O) groups excluding carboxylic acids is 1. The normalized spacial score (nSPS) is 11.2. The van der Waals surface area contributed by atoms with Crippen LogP contribution in [0.3, 0.4) is 0 Å². The van der Waals surface area contributed by atoms with E-state index in [1.54, 1.807) is 12.1 Å². The molecule has 0 unspecified atom stereocenters. The minimum Gasteiger partial charge on any atom is -0.317 e. The van der Waals surface area contributed by atoms with Crippen LogP contribution in [0, 0.1) is 5.82 Å². The summed E-state index contributed by atoms with van der Waals surface area (Å²) in [6.45, 7) is 4.21. The summed E-state index contributed by atoms with van der Waals surface area (Å²) in [6, 6.07) is 5.84. The van der Waals surface area contributed by atoms with Crippen LogP contribution in [0.25, 0.3) is 0 Å². The van der Waals surface area contributed by atoms with Gasteiger partial charge in [-0.15, -0.1) is 0 Å². The lowest BCUT2D eigenvalue weighted by Gasteiger charge is -2.05. The summed E-state index contributed by atoms with van der Waals surface area (Å²) in [5.74, 6) is -0.193. The van der Waals surface area contributed by atoms with E-state index in [2.05, 4.69) is 12.2 Å². The molecule has 0 radical (unpaired) electrons. The monoisotopic (exact) mass is 433 g/mol. The quantitative estimate of drug-likeness (QED) is 0.146. The Labute approximate surface area is 191 Å². The van der Waals surface area contributed by atoms with Crippen LogP contribution >= 0.6 is 0 Å². The van der Waals surface area contributed by atoms with Gasteiger partial charge in [0, 0.05) is 12.0 Å². The number of halogens is 1. The third-order valence-corrected chi connectivity index (χ3v) is 6.13. The van der Waals surface area contributed by atoms with Gasteiger partial charge in [-0.3, -0.25) is 4.79 Å². The average molecular weight is 434 g/mol. The molecule has 178 valence electrons. The number of Topliss-reactive ketones (excluding diaryl/α,β-unsaturated/α-hetero) is 1. The second-order valence-electron chi connectivity index (χ2n) is 9.09. The van der Waals surface area contributed by atoms with Crippen LogP contribution in [0.15, 0.2) is 24.3 Å². The van der Waals surface area contributed by atoms with Crippen molar-refractivity contribution < 1.29 is 9.18 Å². The van der Waals surface area contributed by atoms with E-state index in [9.17, 15) is 9.18 Å². The molecule has 2 nitrogen and oxygen atoms in total. The number of carbonyl (C=O) groups is 1. The zero-order valence-electron chi connectivity index (χ0n) is 20.2. The SMILES string of the molecule is CCCCCCCCCCCCCCCCCCNCCCC(=O)c1ccc(F)cc1. The number of rotatable bonds is 22. The van der Waals surface area contributed by atoms with E-state index in [4.69, 9.17) is 0 Å². The maximum absolute atomic E-state index is 12.9. The highest BCUT2D eigenvalue weighted by Crippen LogP contribution is 2.13. The summed E-state index contributed by atoms with van der Waals surface area (Å²) in [5.41, 5.74) is 0.610. The fourth-order valence-corrected chi connectivity index (χ4v) is 4.08. The van der Waals surface area contributed by atoms with Gasteiger partial charge in [-0.1, -0.05) is 103 Å². The van der Waals surface area contributed by atoms with E-state index in [0.29, 0.717) is 12.0 Å². The van der Waals surface area contributed by atoms with Crippen molar-refractivity contribution in [3.63, 3.8) is 0 Å². The van der Waals surface area contributed by atoms with Crippen molar-refractivity contribution in [3.8, 4) is 0 Å². The average Bonchev–Trinajstić information content (AvgIpc) is 2.78. The van der Waals surface area contributed by atoms with E-state index < -0.39 is 0 Å². The Balaban J connectivity index is 1.74. The second kappa shape index (κ2) is 20.7. The molecule has 0 spiro atoms. The molecule has 0 fully saturated rings. The van der Waals surface area contributed by atoms with Crippen LogP contribution in [-0.4, -0.2) is 18.9 Å². The van der Waals surface area contributed by atoms with Gasteiger partial charge in [-0.25, -0.2) is 4.39 Å². The van der Waals surface area contributed by atoms with Gasteiger partial charge in [0.2, 0.25) is 0 Å². The molecule has 0 aliphatic carbocycles. The highest BCUT2D eigenvalue weighted by molar-refractivity contribution is 5.95. The van der Waals surface area contributed by atoms with Crippen LogP contribution in [0.1, 0.15) is 133 Å². The number of hydrogen-bond acceptors (Lipinski definition) is 2. The molecular formula is C28H48FNO. The lowest BCUT2D eigenvalue weighted by atomic mass is 10.0. The Morgan fingerprint density at radius 2 is 1.06 bits per heavy atom. The lowest BCUT2D eigenvalue weighted by molar-refractivity contribution is 0.0980. The molecule has 0 aliphatic rings. The molecule has 0 saturated carbocycles. The summed E-state index contributed by atoms with van der Waals surface area (Å²) >= 11 is 0. The first-order valence-electron chi connectivity index (χ1n) is 13.2. The second-order valence-corrected chi connectivity index (χ2v) is 9.09. The van der Waals surface area contributed by atoms with Gasteiger partial charge in [0.15, 0.2) is 5.78 Å². The highest BCUT2D eigenvalue weighted by Gasteiger charge is 2.05. The fraction of sp³-hybridized carbons (Fsp3) is 0.750. The molecule has 1 rings (SSSR count). The maximum Gasteiger partial charge on any atom is 0.162 e. The van der Waals surface area contributed by atoms with Crippen molar-refractivity contribution in [2.45, 2.75) is 122 Å². The number of ketones is 1. The molecule has 0 heterocycles. The molecule has 0 atom stereocenters. The van der Waals surface area contributed by atoms with Gasteiger partial charge >= 0.3 is 0 Å². The molecular weight excluding hydrogens is 385 g/mol. The zero-order valence-corrected chi connectivity index (χ0v) is 20.2. The van der Waals surface area contributed by atoms with Crippen LogP contribution in [0.4, 0.5) is 4.39 Å². The van der Waals surface area contributed by atoms with Gasteiger partial charge in [0.1, 0.15) is 5.82 Å². The Hall–Kier alpha value is -1.22. The lowest BCUT2D eigenvalue weighted by Crippen LogP contribution is -2.17. The molecule has 0 amide bonds. The van der Waals surface area contributed by atoms with E-state index in [-0.39, 0.29) is 11.6 Å². The largest absolute Gasteiger partial charge is 0.317 e. The van der Waals surface area contributed by atoms with Gasteiger partial charge in [-0.2, -0.15) is 0 Å². The summed E-state index contributed by atoms with van der Waals surface area (Å²) in [7, 11) is 0. The van der Waals surface area contributed by atoms with E-state index >= 15 is 0 Å². The van der Waals surface area contributed by atoms with Gasteiger partial charge in [-0.05, 0) is 50.2 Å². The Morgan fingerprint density at radius 1 is 0.645 bits per heavy atom. The Kier molecular flexibility index (Phi) is 18.5. The first kappa shape index (κ1) is 27.8. The Morgan fingerprint density at radius 3 is 1.55 bits per heavy atom. The van der Waals surface area contributed by atoms with Gasteiger partial charge in [0.05, 0.1) is 0 Å². The number of unbranched alkanes of at least 4 members (excludes halogenated alkanes) is 15. The minimum absolute atomic E-state index is 0.101. The minimum atomic E-state index is -0.294. The Bertz CT molecular complexity index is 528. The molecule has 0 bridgehead atoms. The van der Waals surface area contributed by atoms with Crippen molar-refractivity contribution in [2.75, 3.05) is 13.1 Å². The van der Waals surface area contributed by atoms with Crippen molar-refractivity contribution in [1.82, 2.24) is 5.32 Å². The highest BCUT2D eigenvalue weighted by atomic mass is 19.1. The zero-order chi connectivity index (χ0) is 22.4. The molecule has 1 aromatic rings. The molecule has 3 heteroatoms. The smallest absolute Gasteiger partial charge is 0.162 e. The number of nitrogens with one attached hydrogen (secondary N) is 1. The molecule has 0 aromatic heterocycles. The first-order chi connectivity index (χ1) is 15.2. The van der Waals surface area contributed by atoms with Crippen molar-refractivity contribution in [1.29, 1.82) is 0 Å². The summed E-state index contributed by atoms with van der Waals surface area (Å²) in [5, 5.41) is 3.44.